The molecule has 0 bridgehead atoms. The molecule has 0 radical (unpaired) electrons. The van der Waals surface area contributed by atoms with Crippen LogP contribution in [0, 0.1) is 5.82 Å². The Balaban J connectivity index is 2.05. The van der Waals surface area contributed by atoms with Gasteiger partial charge in [-0.3, -0.25) is 9.59 Å². The lowest BCUT2D eigenvalue weighted by atomic mass is 10.00. The van der Waals surface area contributed by atoms with Gasteiger partial charge in [0.1, 0.15) is 11.6 Å². The molecule has 0 saturated carbocycles. The highest BCUT2D eigenvalue weighted by Crippen LogP contribution is 2.35. The van der Waals surface area contributed by atoms with Crippen LogP contribution in [-0.4, -0.2) is 42.8 Å². The van der Waals surface area contributed by atoms with Crippen LogP contribution >= 0.6 is 0 Å². The molecule has 0 aromatic heterocycles. The van der Waals surface area contributed by atoms with Crippen LogP contribution < -0.4 is 4.74 Å². The van der Waals surface area contributed by atoms with Crippen molar-refractivity contribution in [3.05, 3.63) is 107 Å². The van der Waals surface area contributed by atoms with E-state index in [-0.39, 0.29) is 11.3 Å². The Morgan fingerprint density at radius 2 is 1.68 bits per heavy atom. The van der Waals surface area contributed by atoms with E-state index in [0.717, 1.165) is 28.7 Å². The van der Waals surface area contributed by atoms with Gasteiger partial charge >= 0.3 is 6.18 Å². The maximum absolute atomic E-state index is 14.6. The van der Waals surface area contributed by atoms with Crippen LogP contribution in [0.25, 0.3) is 5.57 Å². The van der Waals surface area contributed by atoms with Gasteiger partial charge in [0, 0.05) is 24.9 Å². The summed E-state index contributed by atoms with van der Waals surface area (Å²) in [4.78, 5) is 28.2. The van der Waals surface area contributed by atoms with Gasteiger partial charge in [-0.05, 0) is 48.7 Å². The third-order valence-corrected chi connectivity index (χ3v) is 6.17. The molecule has 0 fully saturated rings. The number of hydrogen-bond acceptors (Lipinski definition) is 3. The van der Waals surface area contributed by atoms with Crippen LogP contribution in [0.3, 0.4) is 0 Å². The molecular formula is C29H28F4N2O3. The Hall–Kier alpha value is -4.14. The quantitative estimate of drug-likeness (QED) is 0.186. The zero-order valence-electron chi connectivity index (χ0n) is 21.3. The lowest BCUT2D eigenvalue weighted by Gasteiger charge is -2.26. The van der Waals surface area contributed by atoms with Crippen molar-refractivity contribution in [3.63, 3.8) is 0 Å². The molecular weight excluding hydrogens is 500 g/mol. The molecule has 0 spiro atoms. The van der Waals surface area contributed by atoms with Gasteiger partial charge in [0.25, 0.3) is 5.91 Å². The van der Waals surface area contributed by atoms with Crippen molar-refractivity contribution >= 4 is 17.9 Å². The molecule has 0 aliphatic heterocycles. The number of nitrogens with zero attached hydrogens (tertiary/aromatic N) is 2. The summed E-state index contributed by atoms with van der Waals surface area (Å²) in [5.74, 6) is -1.12. The second kappa shape index (κ2) is 12.4. The molecule has 2 amide bonds. The first kappa shape index (κ1) is 28.4. The minimum Gasteiger partial charge on any atom is -0.497 e. The predicted molar refractivity (Wildman–Crippen MR) is 136 cm³/mol. The summed E-state index contributed by atoms with van der Waals surface area (Å²) in [5.41, 5.74) is -0.315. The lowest BCUT2D eigenvalue weighted by molar-refractivity contribution is -0.139. The number of likely N-dealkylation sites (N-methyl/N-ethyl adjacent to an activating group) is 1. The van der Waals surface area contributed by atoms with E-state index in [2.05, 4.69) is 0 Å². The molecule has 0 unspecified atom stereocenters. The zero-order chi connectivity index (χ0) is 27.9. The van der Waals surface area contributed by atoms with Gasteiger partial charge in [0.05, 0.1) is 24.8 Å². The third kappa shape index (κ3) is 6.79. The number of halogens is 4. The fraction of sp³-hybridized carbons (Fsp3) is 0.241. The molecule has 0 aliphatic carbocycles. The first-order valence-electron chi connectivity index (χ1n) is 11.8. The number of methoxy groups -OCH3 is 1. The molecule has 3 aromatic rings. The summed E-state index contributed by atoms with van der Waals surface area (Å²) >= 11 is 0. The monoisotopic (exact) mass is 528 g/mol. The predicted octanol–water partition coefficient (Wildman–Crippen LogP) is 5.94. The molecule has 0 atom stereocenters. The van der Waals surface area contributed by atoms with Crippen molar-refractivity contribution in [1.29, 1.82) is 0 Å². The summed E-state index contributed by atoms with van der Waals surface area (Å²) in [6.07, 6.45) is -3.97. The minimum atomic E-state index is -4.83. The van der Waals surface area contributed by atoms with Crippen LogP contribution in [0.1, 0.15) is 29.2 Å². The van der Waals surface area contributed by atoms with Crippen molar-refractivity contribution in [2.75, 3.05) is 20.7 Å². The Bertz CT molecular complexity index is 1310. The van der Waals surface area contributed by atoms with Gasteiger partial charge in [-0.2, -0.15) is 13.2 Å². The summed E-state index contributed by atoms with van der Waals surface area (Å²) in [5, 5.41) is 0. The molecule has 38 heavy (non-hydrogen) atoms. The summed E-state index contributed by atoms with van der Waals surface area (Å²) < 4.78 is 60.6. The van der Waals surface area contributed by atoms with Gasteiger partial charge < -0.3 is 14.5 Å². The van der Waals surface area contributed by atoms with E-state index >= 15 is 0 Å². The van der Waals surface area contributed by atoms with Crippen LogP contribution in [-0.2, 0) is 28.7 Å². The number of carbonyl (C=O) groups is 2. The van der Waals surface area contributed by atoms with Crippen molar-refractivity contribution in [1.82, 2.24) is 9.80 Å². The molecule has 9 heteroatoms. The second-order valence-corrected chi connectivity index (χ2v) is 8.65. The number of hydrogen-bond donors (Lipinski definition) is 0. The van der Waals surface area contributed by atoms with Crippen LogP contribution in [0.4, 0.5) is 17.6 Å². The number of carbonyl (C=O) groups excluding carboxylic acids is 2. The summed E-state index contributed by atoms with van der Waals surface area (Å²) in [6.45, 7) is 1.07. The Labute approximate surface area is 218 Å². The van der Waals surface area contributed by atoms with Gasteiger partial charge in [-0.1, -0.05) is 48.5 Å². The average molecular weight is 529 g/mol. The van der Waals surface area contributed by atoms with Crippen molar-refractivity contribution in [2.45, 2.75) is 26.1 Å². The maximum Gasteiger partial charge on any atom is 0.416 e. The average Bonchev–Trinajstić information content (AvgIpc) is 2.91. The molecule has 0 heterocycles. The summed E-state index contributed by atoms with van der Waals surface area (Å²) in [6, 6.07) is 18.7. The van der Waals surface area contributed by atoms with E-state index in [0.29, 0.717) is 30.7 Å². The SMILES string of the molecule is COc1cccc(/C(C(=O)N(C)CCc2ccccc2)=C(\C)N(C=O)Cc2c(F)cccc2C(F)(F)F)c1. The Kier molecular flexibility index (Phi) is 9.28. The van der Waals surface area contributed by atoms with E-state index in [4.69, 9.17) is 4.74 Å². The van der Waals surface area contributed by atoms with E-state index in [1.807, 2.05) is 30.3 Å². The third-order valence-electron chi connectivity index (χ3n) is 6.17. The topological polar surface area (TPSA) is 49.9 Å². The number of alkyl halides is 3. The molecule has 0 aliphatic rings. The van der Waals surface area contributed by atoms with Crippen molar-refractivity contribution in [3.8, 4) is 5.75 Å². The van der Waals surface area contributed by atoms with E-state index in [1.165, 1.54) is 18.9 Å². The van der Waals surface area contributed by atoms with E-state index in [1.54, 1.807) is 31.3 Å². The van der Waals surface area contributed by atoms with E-state index in [9.17, 15) is 27.2 Å². The number of rotatable bonds is 10. The number of allylic oxidation sites excluding steroid dienone is 1. The fourth-order valence-electron chi connectivity index (χ4n) is 4.03. The van der Waals surface area contributed by atoms with Crippen molar-refractivity contribution in [2.24, 2.45) is 0 Å². The number of amides is 2. The van der Waals surface area contributed by atoms with Crippen LogP contribution in [0.5, 0.6) is 5.75 Å². The number of ether oxygens (including phenoxy) is 1. The lowest BCUT2D eigenvalue weighted by Crippen LogP contribution is -2.32. The molecule has 0 saturated heterocycles. The Morgan fingerprint density at radius 1 is 1.00 bits per heavy atom. The van der Waals surface area contributed by atoms with Crippen molar-refractivity contribution < 1.29 is 31.9 Å². The molecule has 5 nitrogen and oxygen atoms in total. The van der Waals surface area contributed by atoms with Gasteiger partial charge in [0.15, 0.2) is 0 Å². The smallest absolute Gasteiger partial charge is 0.416 e. The molecule has 3 aromatic carbocycles. The molecule has 200 valence electrons. The fourth-order valence-corrected chi connectivity index (χ4v) is 4.03. The van der Waals surface area contributed by atoms with Gasteiger partial charge in [-0.15, -0.1) is 0 Å². The molecule has 0 N–H and O–H groups in total. The van der Waals surface area contributed by atoms with Crippen LogP contribution in [0.2, 0.25) is 0 Å². The maximum atomic E-state index is 14.6. The normalized spacial score (nSPS) is 12.0. The standard InChI is InChI=1S/C29H28F4N2O3/c1-20(35(19-36)18-24-25(29(31,32)33)13-8-14-26(24)30)27(22-11-7-12-23(17-22)38-3)28(37)34(2)16-15-21-9-5-4-6-10-21/h4-14,17,19H,15-16,18H2,1-3H3/b27-20-. The van der Waals surface area contributed by atoms with Gasteiger partial charge in [-0.25, -0.2) is 4.39 Å². The second-order valence-electron chi connectivity index (χ2n) is 8.65. The highest BCUT2D eigenvalue weighted by atomic mass is 19.4. The Morgan fingerprint density at radius 3 is 2.32 bits per heavy atom. The highest BCUT2D eigenvalue weighted by molar-refractivity contribution is 6.20. The van der Waals surface area contributed by atoms with Gasteiger partial charge in [0.2, 0.25) is 6.41 Å². The largest absolute Gasteiger partial charge is 0.497 e. The minimum absolute atomic E-state index is 0.0705. The highest BCUT2D eigenvalue weighted by Gasteiger charge is 2.35. The first-order valence-corrected chi connectivity index (χ1v) is 11.8. The van der Waals surface area contributed by atoms with E-state index < -0.39 is 35.6 Å². The molecule has 3 rings (SSSR count). The summed E-state index contributed by atoms with van der Waals surface area (Å²) in [7, 11) is 3.06. The number of benzene rings is 3. The zero-order valence-corrected chi connectivity index (χ0v) is 21.3. The van der Waals surface area contributed by atoms with Crippen LogP contribution in [0.15, 0.2) is 78.5 Å². The first-order chi connectivity index (χ1) is 18.1.